The Labute approximate surface area is 115 Å². The molecule has 1 aromatic carbocycles. The number of carbonyl (C=O) groups is 1. The summed E-state index contributed by atoms with van der Waals surface area (Å²) in [6, 6.07) is 5.18. The number of allylic oxidation sites excluding steroid dienone is 1. The summed E-state index contributed by atoms with van der Waals surface area (Å²) in [4.78, 5) is 11.8. The quantitative estimate of drug-likeness (QED) is 0.640. The Morgan fingerprint density at radius 2 is 2.18 bits per heavy atom. The van der Waals surface area contributed by atoms with E-state index in [1.807, 2.05) is 6.92 Å². The molecule has 17 heavy (non-hydrogen) atoms. The maximum absolute atomic E-state index is 11.8. The zero-order valence-corrected chi connectivity index (χ0v) is 11.3. The smallest absolute Gasteiger partial charge is 0.257 e. The lowest BCUT2D eigenvalue weighted by Gasteiger charge is -2.08. The maximum Gasteiger partial charge on any atom is 0.257 e. The van der Waals surface area contributed by atoms with E-state index in [1.165, 1.54) is 0 Å². The van der Waals surface area contributed by atoms with E-state index in [4.69, 9.17) is 34.8 Å². The highest BCUT2D eigenvalue weighted by atomic mass is 35.5. The van der Waals surface area contributed by atoms with Crippen LogP contribution in [0.15, 0.2) is 23.2 Å². The fourth-order valence-corrected chi connectivity index (χ4v) is 2.34. The van der Waals surface area contributed by atoms with Crippen LogP contribution in [-0.2, 0) is 4.79 Å². The number of hydrogen-bond acceptors (Lipinski definition) is 1. The number of fused-ring (bicyclic) bond motifs is 1. The van der Waals surface area contributed by atoms with Crippen molar-refractivity contribution in [3.63, 3.8) is 0 Å². The summed E-state index contributed by atoms with van der Waals surface area (Å²) in [5.41, 5.74) is 1.85. The number of rotatable bonds is 2. The van der Waals surface area contributed by atoms with Gasteiger partial charge in [-0.1, -0.05) is 30.1 Å². The van der Waals surface area contributed by atoms with E-state index in [-0.39, 0.29) is 11.3 Å². The SMILES string of the molecule is CCC(Cl)/C(Cl)=C1\C(=O)Nc2ccc(Cl)cc21. The number of nitrogens with one attached hydrogen (secondary N) is 1. The molecule has 1 N–H and O–H groups in total. The lowest BCUT2D eigenvalue weighted by molar-refractivity contribution is -0.110. The number of anilines is 1. The molecular formula is C12H10Cl3NO. The lowest BCUT2D eigenvalue weighted by atomic mass is 10.1. The van der Waals surface area contributed by atoms with Crippen molar-refractivity contribution in [2.75, 3.05) is 5.32 Å². The summed E-state index contributed by atoms with van der Waals surface area (Å²) in [7, 11) is 0. The van der Waals surface area contributed by atoms with Crippen molar-refractivity contribution in [1.82, 2.24) is 0 Å². The normalized spacial score (nSPS) is 18.7. The van der Waals surface area contributed by atoms with Crippen LogP contribution < -0.4 is 5.32 Å². The van der Waals surface area contributed by atoms with Crippen molar-refractivity contribution in [1.29, 1.82) is 0 Å². The molecule has 1 atom stereocenters. The minimum absolute atomic E-state index is 0.230. The first kappa shape index (κ1) is 12.7. The molecule has 2 nitrogen and oxygen atoms in total. The maximum atomic E-state index is 11.8. The Hall–Kier alpha value is -0.700. The summed E-state index contributed by atoms with van der Waals surface area (Å²) in [5.74, 6) is -0.230. The van der Waals surface area contributed by atoms with Gasteiger partial charge in [0.25, 0.3) is 5.91 Å². The van der Waals surface area contributed by atoms with E-state index in [1.54, 1.807) is 18.2 Å². The van der Waals surface area contributed by atoms with E-state index in [0.29, 0.717) is 33.3 Å². The molecule has 0 radical (unpaired) electrons. The van der Waals surface area contributed by atoms with Crippen molar-refractivity contribution in [2.45, 2.75) is 18.7 Å². The molecule has 0 saturated carbocycles. The number of amides is 1. The van der Waals surface area contributed by atoms with Crippen molar-refractivity contribution < 1.29 is 4.79 Å². The van der Waals surface area contributed by atoms with Gasteiger partial charge in [-0.25, -0.2) is 0 Å². The van der Waals surface area contributed by atoms with Crippen LogP contribution >= 0.6 is 34.8 Å². The van der Waals surface area contributed by atoms with Gasteiger partial charge in [0.2, 0.25) is 0 Å². The van der Waals surface area contributed by atoms with Crippen LogP contribution in [0.4, 0.5) is 5.69 Å². The van der Waals surface area contributed by atoms with Gasteiger partial charge in [-0.15, -0.1) is 11.6 Å². The predicted molar refractivity (Wildman–Crippen MR) is 72.8 cm³/mol. The molecular weight excluding hydrogens is 280 g/mol. The lowest BCUT2D eigenvalue weighted by Crippen LogP contribution is -2.08. The molecule has 1 unspecified atom stereocenters. The van der Waals surface area contributed by atoms with Crippen molar-refractivity contribution in [3.8, 4) is 0 Å². The number of halogens is 3. The van der Waals surface area contributed by atoms with Gasteiger partial charge in [-0.2, -0.15) is 0 Å². The zero-order chi connectivity index (χ0) is 12.6. The van der Waals surface area contributed by atoms with Crippen LogP contribution in [0.25, 0.3) is 5.57 Å². The Balaban J connectivity index is 2.58. The highest BCUT2D eigenvalue weighted by molar-refractivity contribution is 6.47. The van der Waals surface area contributed by atoms with Crippen LogP contribution in [-0.4, -0.2) is 11.3 Å². The molecule has 0 bridgehead atoms. The molecule has 90 valence electrons. The summed E-state index contributed by atoms with van der Waals surface area (Å²) in [6.07, 6.45) is 0.660. The molecule has 0 aromatic heterocycles. The second-order valence-electron chi connectivity index (χ2n) is 3.74. The summed E-state index contributed by atoms with van der Waals surface area (Å²) in [5, 5.41) is 3.31. The Bertz CT molecular complexity index is 510. The molecule has 0 saturated heterocycles. The van der Waals surface area contributed by atoms with Crippen LogP contribution in [0.5, 0.6) is 0 Å². The highest BCUT2D eigenvalue weighted by Gasteiger charge is 2.29. The first-order valence-corrected chi connectivity index (χ1v) is 6.38. The molecule has 2 rings (SSSR count). The topological polar surface area (TPSA) is 29.1 Å². The monoisotopic (exact) mass is 289 g/mol. The predicted octanol–water partition coefficient (Wildman–Crippen LogP) is 4.26. The van der Waals surface area contributed by atoms with E-state index in [0.717, 1.165) is 0 Å². The third-order valence-corrected chi connectivity index (χ3v) is 3.92. The number of hydrogen-bond donors (Lipinski definition) is 1. The Morgan fingerprint density at radius 1 is 1.47 bits per heavy atom. The van der Waals surface area contributed by atoms with E-state index in [9.17, 15) is 4.79 Å². The van der Waals surface area contributed by atoms with Crippen molar-refractivity contribution in [2.24, 2.45) is 0 Å². The second kappa shape index (κ2) is 4.89. The van der Waals surface area contributed by atoms with Crippen molar-refractivity contribution >= 4 is 52.0 Å². The average molecular weight is 291 g/mol. The molecule has 1 aliphatic heterocycles. The van der Waals surface area contributed by atoms with Gasteiger partial charge in [0, 0.05) is 21.3 Å². The summed E-state index contributed by atoms with van der Waals surface area (Å²) < 4.78 is 0. The zero-order valence-electron chi connectivity index (χ0n) is 9.06. The third-order valence-electron chi connectivity index (χ3n) is 2.60. The number of benzene rings is 1. The van der Waals surface area contributed by atoms with Crippen LogP contribution in [0.2, 0.25) is 5.02 Å². The summed E-state index contributed by atoms with van der Waals surface area (Å²) >= 11 is 18.1. The largest absolute Gasteiger partial charge is 0.321 e. The second-order valence-corrected chi connectivity index (χ2v) is 5.11. The molecule has 1 aliphatic rings. The third kappa shape index (κ3) is 2.30. The minimum Gasteiger partial charge on any atom is -0.321 e. The fraction of sp³-hybridized carbons (Fsp3) is 0.250. The molecule has 1 aromatic rings. The van der Waals surface area contributed by atoms with E-state index in [2.05, 4.69) is 5.32 Å². The highest BCUT2D eigenvalue weighted by Crippen LogP contribution is 2.38. The first-order chi connectivity index (χ1) is 8.04. The van der Waals surface area contributed by atoms with Gasteiger partial charge < -0.3 is 5.32 Å². The average Bonchev–Trinajstić information content (AvgIpc) is 2.62. The van der Waals surface area contributed by atoms with Gasteiger partial charge in [0.05, 0.1) is 11.0 Å². The molecule has 1 amide bonds. The molecule has 0 fully saturated rings. The number of alkyl halides is 1. The van der Waals surface area contributed by atoms with E-state index >= 15 is 0 Å². The Kier molecular flexibility index (Phi) is 3.67. The standard InChI is InChI=1S/C12H10Cl3NO/c1-2-8(14)11(15)10-7-5-6(13)3-4-9(7)16-12(10)17/h3-5,8H,2H2,1H3,(H,16,17)/b11-10+. The van der Waals surface area contributed by atoms with Crippen molar-refractivity contribution in [3.05, 3.63) is 33.8 Å². The van der Waals surface area contributed by atoms with Gasteiger partial charge in [-0.3, -0.25) is 4.79 Å². The minimum atomic E-state index is -0.359. The van der Waals surface area contributed by atoms with Crippen LogP contribution in [0.3, 0.4) is 0 Å². The van der Waals surface area contributed by atoms with Gasteiger partial charge >= 0.3 is 0 Å². The van der Waals surface area contributed by atoms with Gasteiger partial charge in [-0.05, 0) is 24.6 Å². The molecule has 0 spiro atoms. The number of carbonyl (C=O) groups excluding carboxylic acids is 1. The molecule has 0 aliphatic carbocycles. The summed E-state index contributed by atoms with van der Waals surface area (Å²) in [6.45, 7) is 1.91. The van der Waals surface area contributed by atoms with E-state index < -0.39 is 0 Å². The Morgan fingerprint density at radius 3 is 2.82 bits per heavy atom. The molecule has 1 heterocycles. The van der Waals surface area contributed by atoms with Gasteiger partial charge in [0.1, 0.15) is 0 Å². The molecule has 5 heteroatoms. The fourth-order valence-electron chi connectivity index (χ4n) is 1.71. The van der Waals surface area contributed by atoms with Crippen LogP contribution in [0, 0.1) is 0 Å². The van der Waals surface area contributed by atoms with Gasteiger partial charge in [0.15, 0.2) is 0 Å². The van der Waals surface area contributed by atoms with Crippen LogP contribution in [0.1, 0.15) is 18.9 Å². The first-order valence-electron chi connectivity index (χ1n) is 5.19.